The quantitative estimate of drug-likeness (QED) is 0.366. The Morgan fingerprint density at radius 2 is 1.86 bits per heavy atom. The number of likely N-dealkylation sites (N-methyl/N-ethyl adjacent to an activating group) is 1. The number of nitriles is 1. The number of ether oxygens (including phenoxy) is 2. The zero-order valence-electron chi connectivity index (χ0n) is 19.6. The van der Waals surface area contributed by atoms with Crippen molar-refractivity contribution in [2.45, 2.75) is 13.8 Å². The van der Waals surface area contributed by atoms with E-state index in [2.05, 4.69) is 33.2 Å². The fourth-order valence-electron chi connectivity index (χ4n) is 4.00. The SMILES string of the molecule is C.COc1cc2c(Nc3cc(O)c(Cl)cc3Cl)c(C#N)cnc2cc1OCCCN1CCN(C)CC1. The van der Waals surface area contributed by atoms with Crippen molar-refractivity contribution in [3.05, 3.63) is 46.1 Å². The smallest absolute Gasteiger partial charge is 0.163 e. The summed E-state index contributed by atoms with van der Waals surface area (Å²) in [6.07, 6.45) is 2.38. The number of methoxy groups -OCH3 is 1. The van der Waals surface area contributed by atoms with Crippen LogP contribution in [0.15, 0.2) is 30.5 Å². The molecule has 0 bridgehead atoms. The summed E-state index contributed by atoms with van der Waals surface area (Å²) in [4.78, 5) is 9.22. The van der Waals surface area contributed by atoms with E-state index in [4.69, 9.17) is 32.7 Å². The number of phenols is 1. The lowest BCUT2D eigenvalue weighted by Gasteiger charge is -2.32. The highest BCUT2D eigenvalue weighted by Gasteiger charge is 2.17. The molecule has 1 saturated heterocycles. The van der Waals surface area contributed by atoms with Crippen molar-refractivity contribution >= 4 is 45.5 Å². The predicted molar refractivity (Wildman–Crippen MR) is 145 cm³/mol. The maximum atomic E-state index is 10.0. The number of hydrogen-bond donors (Lipinski definition) is 2. The van der Waals surface area contributed by atoms with Gasteiger partial charge in [-0.3, -0.25) is 4.98 Å². The second-order valence-electron chi connectivity index (χ2n) is 8.43. The van der Waals surface area contributed by atoms with E-state index in [0.29, 0.717) is 51.0 Å². The number of hydrogen-bond acceptors (Lipinski definition) is 8. The molecule has 2 aromatic carbocycles. The first kappa shape index (κ1) is 27.6. The first-order valence-electron chi connectivity index (χ1n) is 11.3. The van der Waals surface area contributed by atoms with Gasteiger partial charge in [0.2, 0.25) is 0 Å². The van der Waals surface area contributed by atoms with Crippen molar-refractivity contribution in [3.8, 4) is 23.3 Å². The van der Waals surface area contributed by atoms with Crippen molar-refractivity contribution in [2.24, 2.45) is 0 Å². The molecule has 192 valence electrons. The number of phenolic OH excluding ortho intramolecular Hbond substituents is 1. The number of rotatable bonds is 8. The molecule has 0 saturated carbocycles. The van der Waals surface area contributed by atoms with Crippen LogP contribution in [0.1, 0.15) is 19.4 Å². The average Bonchev–Trinajstić information content (AvgIpc) is 2.85. The maximum Gasteiger partial charge on any atom is 0.163 e. The average molecular weight is 532 g/mol. The lowest BCUT2D eigenvalue weighted by Crippen LogP contribution is -2.44. The van der Waals surface area contributed by atoms with Gasteiger partial charge >= 0.3 is 0 Å². The van der Waals surface area contributed by atoms with Crippen molar-refractivity contribution < 1.29 is 14.6 Å². The van der Waals surface area contributed by atoms with Crippen molar-refractivity contribution in [1.29, 1.82) is 5.26 Å². The minimum Gasteiger partial charge on any atom is -0.506 e. The molecule has 1 aliphatic heterocycles. The van der Waals surface area contributed by atoms with E-state index in [1.54, 1.807) is 19.2 Å². The summed E-state index contributed by atoms with van der Waals surface area (Å²) in [5.41, 5.74) is 1.82. The first-order valence-corrected chi connectivity index (χ1v) is 12.0. The molecule has 36 heavy (non-hydrogen) atoms. The van der Waals surface area contributed by atoms with Gasteiger partial charge in [0.15, 0.2) is 11.5 Å². The highest BCUT2D eigenvalue weighted by atomic mass is 35.5. The summed E-state index contributed by atoms with van der Waals surface area (Å²) in [5, 5.41) is 23.9. The number of pyridine rings is 1. The van der Waals surface area contributed by atoms with Crippen LogP contribution in [-0.4, -0.2) is 73.4 Å². The Kier molecular flexibility index (Phi) is 9.46. The third kappa shape index (κ3) is 6.23. The molecule has 0 aliphatic carbocycles. The third-order valence-corrected chi connectivity index (χ3v) is 6.66. The number of nitrogens with one attached hydrogen (secondary N) is 1. The lowest BCUT2D eigenvalue weighted by atomic mass is 10.1. The predicted octanol–water partition coefficient (Wildman–Crippen LogP) is 5.52. The van der Waals surface area contributed by atoms with Gasteiger partial charge in [-0.1, -0.05) is 30.6 Å². The van der Waals surface area contributed by atoms with Crippen LogP contribution in [-0.2, 0) is 0 Å². The zero-order valence-corrected chi connectivity index (χ0v) is 21.2. The van der Waals surface area contributed by atoms with E-state index in [1.165, 1.54) is 18.3 Å². The topological polar surface area (TPSA) is 93.9 Å². The molecule has 2 N–H and O–H groups in total. The fraction of sp³-hybridized carbons (Fsp3) is 0.385. The summed E-state index contributed by atoms with van der Waals surface area (Å²) < 4.78 is 11.6. The summed E-state index contributed by atoms with van der Waals surface area (Å²) in [7, 11) is 3.72. The van der Waals surface area contributed by atoms with E-state index in [9.17, 15) is 10.4 Å². The molecular weight excluding hydrogens is 501 g/mol. The number of nitrogens with zero attached hydrogens (tertiary/aromatic N) is 4. The van der Waals surface area contributed by atoms with Crippen LogP contribution in [0.4, 0.5) is 11.4 Å². The second-order valence-corrected chi connectivity index (χ2v) is 9.25. The second kappa shape index (κ2) is 12.3. The molecule has 10 heteroatoms. The Morgan fingerprint density at radius 3 is 2.56 bits per heavy atom. The normalized spacial score (nSPS) is 14.2. The monoisotopic (exact) mass is 531 g/mol. The van der Waals surface area contributed by atoms with Crippen molar-refractivity contribution in [1.82, 2.24) is 14.8 Å². The van der Waals surface area contributed by atoms with Crippen LogP contribution in [0.5, 0.6) is 17.2 Å². The first-order chi connectivity index (χ1) is 16.9. The summed E-state index contributed by atoms with van der Waals surface area (Å²) >= 11 is 12.3. The third-order valence-electron chi connectivity index (χ3n) is 6.04. The van der Waals surface area contributed by atoms with Gasteiger partial charge in [-0.2, -0.15) is 5.26 Å². The van der Waals surface area contributed by atoms with E-state index >= 15 is 0 Å². The van der Waals surface area contributed by atoms with E-state index in [0.717, 1.165) is 39.1 Å². The van der Waals surface area contributed by atoms with Crippen LogP contribution in [0.3, 0.4) is 0 Å². The summed E-state index contributed by atoms with van der Waals surface area (Å²) in [6.45, 7) is 5.86. The highest BCUT2D eigenvalue weighted by molar-refractivity contribution is 6.37. The summed E-state index contributed by atoms with van der Waals surface area (Å²) in [6, 6.07) is 8.58. The number of benzene rings is 2. The van der Waals surface area contributed by atoms with Gasteiger partial charge < -0.3 is 29.7 Å². The molecule has 1 fully saturated rings. The molecule has 1 aromatic heterocycles. The van der Waals surface area contributed by atoms with Gasteiger partial charge in [0.1, 0.15) is 11.8 Å². The number of anilines is 2. The minimum absolute atomic E-state index is 0. The Labute approximate surface area is 221 Å². The lowest BCUT2D eigenvalue weighted by molar-refractivity contribution is 0.145. The molecule has 0 amide bonds. The van der Waals surface area contributed by atoms with Gasteiger partial charge in [0.25, 0.3) is 0 Å². The van der Waals surface area contributed by atoms with Crippen LogP contribution in [0.25, 0.3) is 10.9 Å². The molecule has 0 radical (unpaired) electrons. The molecular formula is C26H31Cl2N5O3. The fourth-order valence-corrected chi connectivity index (χ4v) is 4.43. The molecule has 0 spiro atoms. The molecule has 2 heterocycles. The number of fused-ring (bicyclic) bond motifs is 1. The van der Waals surface area contributed by atoms with Crippen molar-refractivity contribution in [3.63, 3.8) is 0 Å². The zero-order chi connectivity index (χ0) is 24.9. The van der Waals surface area contributed by atoms with Gasteiger partial charge in [-0.05, 0) is 25.6 Å². The number of aromatic hydroxyl groups is 1. The molecule has 0 atom stereocenters. The summed E-state index contributed by atoms with van der Waals surface area (Å²) in [5.74, 6) is 0.992. The van der Waals surface area contributed by atoms with Gasteiger partial charge in [0, 0.05) is 56.4 Å². The van der Waals surface area contributed by atoms with Gasteiger partial charge in [0.05, 0.1) is 46.2 Å². The van der Waals surface area contributed by atoms with E-state index in [-0.39, 0.29) is 18.2 Å². The van der Waals surface area contributed by atoms with Crippen LogP contribution >= 0.6 is 23.2 Å². The Hall–Kier alpha value is -2.96. The molecule has 1 aliphatic rings. The van der Waals surface area contributed by atoms with Crippen LogP contribution in [0.2, 0.25) is 10.0 Å². The van der Waals surface area contributed by atoms with E-state index in [1.807, 2.05) is 0 Å². The number of halogens is 2. The van der Waals surface area contributed by atoms with Crippen LogP contribution in [0, 0.1) is 11.3 Å². The number of aromatic nitrogens is 1. The van der Waals surface area contributed by atoms with Crippen molar-refractivity contribution in [2.75, 3.05) is 58.8 Å². The van der Waals surface area contributed by atoms with Gasteiger partial charge in [-0.15, -0.1) is 0 Å². The largest absolute Gasteiger partial charge is 0.506 e. The Morgan fingerprint density at radius 1 is 1.11 bits per heavy atom. The highest BCUT2D eigenvalue weighted by Crippen LogP contribution is 2.40. The molecule has 4 rings (SSSR count). The molecule has 0 unspecified atom stereocenters. The Balaban J connectivity index is 0.00000361. The van der Waals surface area contributed by atoms with Gasteiger partial charge in [-0.25, -0.2) is 0 Å². The van der Waals surface area contributed by atoms with Crippen LogP contribution < -0.4 is 14.8 Å². The molecule has 3 aromatic rings. The minimum atomic E-state index is -0.125. The standard InChI is InChI=1S/C25H27Cl2N5O3.CH4/c1-31-5-7-32(8-6-31)4-3-9-35-24-13-20-17(10-23(24)34-2)25(16(14-28)15-29-20)30-21-12-22(33)19(27)11-18(21)26;/h10-13,15,33H,3-9H2,1-2H3,(H,29,30);1H4. The Bertz CT molecular complexity index is 1260. The number of piperazine rings is 1. The molecule has 8 nitrogen and oxygen atoms in total. The maximum absolute atomic E-state index is 10.0. The van der Waals surface area contributed by atoms with E-state index < -0.39 is 0 Å².